The van der Waals surface area contributed by atoms with Gasteiger partial charge in [-0.25, -0.2) is 4.98 Å². The molecule has 3 heteroatoms. The van der Waals surface area contributed by atoms with E-state index in [2.05, 4.69) is 24.0 Å². The lowest BCUT2D eigenvalue weighted by molar-refractivity contribution is 0.617. The van der Waals surface area contributed by atoms with E-state index in [1.807, 2.05) is 32.0 Å². The summed E-state index contributed by atoms with van der Waals surface area (Å²) < 4.78 is 5.89. The summed E-state index contributed by atoms with van der Waals surface area (Å²) in [6.45, 7) is 6.07. The predicted octanol–water partition coefficient (Wildman–Crippen LogP) is 4.00. The van der Waals surface area contributed by atoms with Crippen LogP contribution in [0.25, 0.3) is 22.6 Å². The van der Waals surface area contributed by atoms with Gasteiger partial charge in [-0.2, -0.15) is 0 Å². The molecule has 0 aliphatic rings. The summed E-state index contributed by atoms with van der Waals surface area (Å²) in [4.78, 5) is 4.53. The van der Waals surface area contributed by atoms with E-state index in [9.17, 15) is 0 Å². The highest BCUT2D eigenvalue weighted by Gasteiger charge is 2.13. The Balaban J connectivity index is 2.22. The Morgan fingerprint density at radius 1 is 1.00 bits per heavy atom. The highest BCUT2D eigenvalue weighted by Crippen LogP contribution is 2.30. The molecular formula is C16H16N2O. The van der Waals surface area contributed by atoms with Crippen LogP contribution in [-0.2, 0) is 0 Å². The molecule has 0 aliphatic heterocycles. The Bertz CT molecular complexity index is 755. The first kappa shape index (κ1) is 11.8. The molecule has 0 bridgehead atoms. The molecular weight excluding hydrogens is 236 g/mol. The Labute approximate surface area is 112 Å². The fourth-order valence-electron chi connectivity index (χ4n) is 2.16. The molecule has 2 N–H and O–H groups in total. The molecule has 0 unspecified atom stereocenters. The number of hydrogen-bond donors (Lipinski definition) is 1. The number of oxazole rings is 1. The molecule has 0 atom stereocenters. The number of nitrogen functional groups attached to an aromatic ring is 1. The van der Waals surface area contributed by atoms with Crippen LogP contribution in [0.1, 0.15) is 16.7 Å². The van der Waals surface area contributed by atoms with Crippen molar-refractivity contribution in [3.63, 3.8) is 0 Å². The molecule has 0 amide bonds. The molecule has 19 heavy (non-hydrogen) atoms. The first-order valence-corrected chi connectivity index (χ1v) is 6.29. The zero-order valence-electron chi connectivity index (χ0n) is 11.3. The van der Waals surface area contributed by atoms with Crippen LogP contribution in [0.5, 0.6) is 0 Å². The molecule has 96 valence electrons. The van der Waals surface area contributed by atoms with Crippen LogP contribution in [-0.4, -0.2) is 4.98 Å². The van der Waals surface area contributed by atoms with Crippen molar-refractivity contribution in [1.82, 2.24) is 4.98 Å². The highest BCUT2D eigenvalue weighted by molar-refractivity contribution is 5.84. The number of rotatable bonds is 1. The number of hydrogen-bond acceptors (Lipinski definition) is 3. The largest absolute Gasteiger partial charge is 0.436 e. The molecule has 0 saturated heterocycles. The van der Waals surface area contributed by atoms with E-state index in [4.69, 9.17) is 10.2 Å². The van der Waals surface area contributed by atoms with Gasteiger partial charge >= 0.3 is 0 Å². The third-order valence-corrected chi connectivity index (χ3v) is 3.58. The molecule has 3 rings (SSSR count). The molecule has 1 heterocycles. The smallest absolute Gasteiger partial charge is 0.227 e. The SMILES string of the molecule is Cc1ccc(-c2nc3cc(N)c(C)c(C)c3o2)cc1. The van der Waals surface area contributed by atoms with Gasteiger partial charge in [0.15, 0.2) is 5.58 Å². The molecule has 2 aromatic carbocycles. The minimum Gasteiger partial charge on any atom is -0.436 e. The van der Waals surface area contributed by atoms with Crippen molar-refractivity contribution in [2.75, 3.05) is 5.73 Å². The van der Waals surface area contributed by atoms with Crippen LogP contribution in [0.15, 0.2) is 34.7 Å². The third-order valence-electron chi connectivity index (χ3n) is 3.58. The number of fused-ring (bicyclic) bond motifs is 1. The van der Waals surface area contributed by atoms with Crippen LogP contribution in [0, 0.1) is 20.8 Å². The Kier molecular flexibility index (Phi) is 2.56. The van der Waals surface area contributed by atoms with Gasteiger partial charge in [0, 0.05) is 11.3 Å². The fourth-order valence-corrected chi connectivity index (χ4v) is 2.16. The molecule has 3 aromatic rings. The van der Waals surface area contributed by atoms with E-state index in [1.165, 1.54) is 5.56 Å². The summed E-state index contributed by atoms with van der Waals surface area (Å²) in [7, 11) is 0. The number of nitrogens with two attached hydrogens (primary N) is 1. The second-order valence-electron chi connectivity index (χ2n) is 4.95. The van der Waals surface area contributed by atoms with Gasteiger partial charge in [-0.3, -0.25) is 0 Å². The van der Waals surface area contributed by atoms with Gasteiger partial charge in [0.2, 0.25) is 5.89 Å². The topological polar surface area (TPSA) is 52.0 Å². The van der Waals surface area contributed by atoms with Crippen molar-refractivity contribution in [1.29, 1.82) is 0 Å². The average molecular weight is 252 g/mol. The molecule has 1 aromatic heterocycles. The minimum absolute atomic E-state index is 0.642. The van der Waals surface area contributed by atoms with E-state index < -0.39 is 0 Å². The van der Waals surface area contributed by atoms with Gasteiger partial charge in [0.05, 0.1) is 0 Å². The van der Waals surface area contributed by atoms with Crippen LogP contribution < -0.4 is 5.73 Å². The molecule has 0 fully saturated rings. The third kappa shape index (κ3) is 1.87. The van der Waals surface area contributed by atoms with Crippen LogP contribution in [0.4, 0.5) is 5.69 Å². The minimum atomic E-state index is 0.642. The van der Waals surface area contributed by atoms with Crippen molar-refractivity contribution < 1.29 is 4.42 Å². The second-order valence-corrected chi connectivity index (χ2v) is 4.95. The zero-order chi connectivity index (χ0) is 13.6. The van der Waals surface area contributed by atoms with Crippen molar-refractivity contribution in [2.24, 2.45) is 0 Å². The van der Waals surface area contributed by atoms with Gasteiger partial charge in [-0.05, 0) is 50.1 Å². The van der Waals surface area contributed by atoms with Crippen molar-refractivity contribution >= 4 is 16.8 Å². The van der Waals surface area contributed by atoms with Crippen molar-refractivity contribution in [3.8, 4) is 11.5 Å². The van der Waals surface area contributed by atoms with E-state index in [0.29, 0.717) is 5.89 Å². The molecule has 3 nitrogen and oxygen atoms in total. The Hall–Kier alpha value is -2.29. The summed E-state index contributed by atoms with van der Waals surface area (Å²) in [5.74, 6) is 0.642. The second kappa shape index (κ2) is 4.12. The summed E-state index contributed by atoms with van der Waals surface area (Å²) >= 11 is 0. The van der Waals surface area contributed by atoms with Crippen LogP contribution in [0.2, 0.25) is 0 Å². The lowest BCUT2D eigenvalue weighted by Gasteiger charge is -2.02. The summed E-state index contributed by atoms with van der Waals surface area (Å²) in [5.41, 5.74) is 12.7. The standard InChI is InChI=1S/C16H16N2O/c1-9-4-6-12(7-5-9)16-18-14-8-13(17)10(2)11(3)15(14)19-16/h4-8H,17H2,1-3H3. The summed E-state index contributed by atoms with van der Waals surface area (Å²) in [6.07, 6.45) is 0. The van der Waals surface area contributed by atoms with Gasteiger partial charge in [-0.15, -0.1) is 0 Å². The normalized spacial score (nSPS) is 11.1. The van der Waals surface area contributed by atoms with Gasteiger partial charge in [0.1, 0.15) is 5.52 Å². The van der Waals surface area contributed by atoms with Crippen LogP contribution in [0.3, 0.4) is 0 Å². The first-order chi connectivity index (χ1) is 9.06. The van der Waals surface area contributed by atoms with Gasteiger partial charge in [0.25, 0.3) is 0 Å². The molecule has 0 saturated carbocycles. The quantitative estimate of drug-likeness (QED) is 0.666. The fraction of sp³-hybridized carbons (Fsp3) is 0.188. The Morgan fingerprint density at radius 3 is 2.37 bits per heavy atom. The number of aromatic nitrogens is 1. The van der Waals surface area contributed by atoms with Crippen molar-refractivity contribution in [2.45, 2.75) is 20.8 Å². The molecule has 0 radical (unpaired) electrons. The average Bonchev–Trinajstić information content (AvgIpc) is 2.81. The number of aryl methyl sites for hydroxylation is 2. The van der Waals surface area contributed by atoms with Gasteiger partial charge in [-0.1, -0.05) is 17.7 Å². The number of nitrogens with zero attached hydrogens (tertiary/aromatic N) is 1. The van der Waals surface area contributed by atoms with E-state index in [0.717, 1.165) is 33.5 Å². The highest BCUT2D eigenvalue weighted by atomic mass is 16.3. The van der Waals surface area contributed by atoms with Crippen molar-refractivity contribution in [3.05, 3.63) is 47.0 Å². The van der Waals surface area contributed by atoms with Gasteiger partial charge < -0.3 is 10.2 Å². The molecule has 0 aliphatic carbocycles. The monoisotopic (exact) mass is 252 g/mol. The van der Waals surface area contributed by atoms with E-state index in [-0.39, 0.29) is 0 Å². The summed E-state index contributed by atoms with van der Waals surface area (Å²) in [6, 6.07) is 10.0. The number of benzene rings is 2. The lowest BCUT2D eigenvalue weighted by atomic mass is 10.1. The number of anilines is 1. The van der Waals surface area contributed by atoms with E-state index >= 15 is 0 Å². The van der Waals surface area contributed by atoms with E-state index in [1.54, 1.807) is 0 Å². The maximum atomic E-state index is 5.97. The lowest BCUT2D eigenvalue weighted by Crippen LogP contribution is -1.92. The molecule has 0 spiro atoms. The van der Waals surface area contributed by atoms with Crippen LogP contribution >= 0.6 is 0 Å². The maximum Gasteiger partial charge on any atom is 0.227 e. The first-order valence-electron chi connectivity index (χ1n) is 6.29. The Morgan fingerprint density at radius 2 is 1.68 bits per heavy atom. The summed E-state index contributed by atoms with van der Waals surface area (Å²) in [5, 5.41) is 0. The maximum absolute atomic E-state index is 5.97. The zero-order valence-corrected chi connectivity index (χ0v) is 11.3. The predicted molar refractivity (Wildman–Crippen MR) is 78.1 cm³/mol.